The number of aromatic nitrogens is 1. The molecular formula is C26H27N3O2S. The highest BCUT2D eigenvalue weighted by atomic mass is 32.1. The van der Waals surface area contributed by atoms with Crippen LogP contribution < -0.4 is 10.1 Å². The summed E-state index contributed by atoms with van der Waals surface area (Å²) < 4.78 is 7.19. The molecule has 1 amide bonds. The molecule has 0 unspecified atom stereocenters. The van der Waals surface area contributed by atoms with Gasteiger partial charge in [-0.1, -0.05) is 18.6 Å². The summed E-state index contributed by atoms with van der Waals surface area (Å²) in [4.78, 5) is 19.7. The molecule has 6 heteroatoms. The smallest absolute Gasteiger partial charge is 0.251 e. The summed E-state index contributed by atoms with van der Waals surface area (Å²) in [6.07, 6.45) is 6.69. The lowest BCUT2D eigenvalue weighted by Gasteiger charge is -2.26. The van der Waals surface area contributed by atoms with Crippen molar-refractivity contribution in [2.24, 2.45) is 0 Å². The zero-order valence-corrected chi connectivity index (χ0v) is 18.9. The van der Waals surface area contributed by atoms with Crippen molar-refractivity contribution < 1.29 is 9.53 Å². The number of hydrogen-bond acceptors (Lipinski definition) is 5. The average Bonchev–Trinajstić information content (AvgIpc) is 3.32. The first-order valence-corrected chi connectivity index (χ1v) is 12.2. The molecule has 0 aliphatic carbocycles. The van der Waals surface area contributed by atoms with Gasteiger partial charge < -0.3 is 15.0 Å². The van der Waals surface area contributed by atoms with Gasteiger partial charge in [-0.05, 0) is 85.4 Å². The Hall–Kier alpha value is -2.96. The van der Waals surface area contributed by atoms with Crippen LogP contribution in [0.2, 0.25) is 0 Å². The number of rotatable bonds is 7. The van der Waals surface area contributed by atoms with Crippen molar-refractivity contribution in [1.82, 2.24) is 15.2 Å². The van der Waals surface area contributed by atoms with Crippen LogP contribution in [0.5, 0.6) is 11.5 Å². The number of carbonyl (C=O) groups excluding carboxylic acids is 1. The summed E-state index contributed by atoms with van der Waals surface area (Å²) in [7, 11) is 0. The Morgan fingerprint density at radius 3 is 2.91 bits per heavy atom. The van der Waals surface area contributed by atoms with Crippen LogP contribution in [0.25, 0.3) is 21.0 Å². The van der Waals surface area contributed by atoms with Crippen LogP contribution in [0, 0.1) is 0 Å². The second kappa shape index (κ2) is 9.67. The quantitative estimate of drug-likeness (QED) is 0.363. The van der Waals surface area contributed by atoms with E-state index in [4.69, 9.17) is 4.74 Å². The summed E-state index contributed by atoms with van der Waals surface area (Å²) in [5.74, 6) is 1.53. The monoisotopic (exact) mass is 445 g/mol. The summed E-state index contributed by atoms with van der Waals surface area (Å²) >= 11 is 1.62. The van der Waals surface area contributed by atoms with Crippen molar-refractivity contribution in [3.05, 3.63) is 65.7 Å². The van der Waals surface area contributed by atoms with E-state index in [0.29, 0.717) is 12.1 Å². The number of benzene rings is 2. The Morgan fingerprint density at radius 2 is 2.00 bits per heavy atom. The highest BCUT2D eigenvalue weighted by molar-refractivity contribution is 7.17. The maximum absolute atomic E-state index is 12.8. The maximum Gasteiger partial charge on any atom is 0.251 e. The minimum absolute atomic E-state index is 0.0164. The van der Waals surface area contributed by atoms with Crippen molar-refractivity contribution in [1.29, 1.82) is 0 Å². The lowest BCUT2D eigenvalue weighted by Crippen LogP contribution is -2.33. The van der Waals surface area contributed by atoms with E-state index in [1.807, 2.05) is 53.9 Å². The van der Waals surface area contributed by atoms with E-state index in [9.17, 15) is 4.79 Å². The van der Waals surface area contributed by atoms with Crippen LogP contribution in [0.1, 0.15) is 36.0 Å². The molecule has 164 valence electrons. The Labute approximate surface area is 192 Å². The number of amides is 1. The number of hydrogen-bond donors (Lipinski definition) is 1. The van der Waals surface area contributed by atoms with Gasteiger partial charge in [-0.15, -0.1) is 11.3 Å². The first-order chi connectivity index (χ1) is 15.8. The molecule has 5 rings (SSSR count). The molecule has 3 heterocycles. The lowest BCUT2D eigenvalue weighted by molar-refractivity contribution is 0.0952. The van der Waals surface area contributed by atoms with Crippen molar-refractivity contribution in [3.8, 4) is 11.5 Å². The van der Waals surface area contributed by atoms with Gasteiger partial charge in [-0.3, -0.25) is 9.78 Å². The third-order valence-corrected chi connectivity index (χ3v) is 6.94. The number of likely N-dealkylation sites (tertiary alicyclic amines) is 1. The van der Waals surface area contributed by atoms with Gasteiger partial charge >= 0.3 is 0 Å². The van der Waals surface area contributed by atoms with E-state index in [-0.39, 0.29) is 5.91 Å². The molecule has 0 atom stereocenters. The molecule has 5 nitrogen and oxygen atoms in total. The van der Waals surface area contributed by atoms with E-state index < -0.39 is 0 Å². The van der Waals surface area contributed by atoms with Crippen LogP contribution in [0.3, 0.4) is 0 Å². The first kappa shape index (κ1) is 20.9. The normalized spacial score (nSPS) is 14.6. The van der Waals surface area contributed by atoms with Gasteiger partial charge in [0.25, 0.3) is 5.91 Å². The van der Waals surface area contributed by atoms with Crippen molar-refractivity contribution >= 4 is 38.2 Å². The van der Waals surface area contributed by atoms with E-state index in [1.54, 1.807) is 17.5 Å². The largest absolute Gasteiger partial charge is 0.456 e. The third-order valence-electron chi connectivity index (χ3n) is 6.02. The molecule has 0 radical (unpaired) electrons. The summed E-state index contributed by atoms with van der Waals surface area (Å²) in [5.41, 5.74) is 1.64. The SMILES string of the molecule is O=C(NCCCN1CCCCC1)c1cccc2cc(Oc3ccnc4ccsc34)ccc12. The molecule has 0 bridgehead atoms. The van der Waals surface area contributed by atoms with Gasteiger partial charge in [0.15, 0.2) is 0 Å². The number of pyridine rings is 1. The Kier molecular flexibility index (Phi) is 6.32. The minimum Gasteiger partial charge on any atom is -0.456 e. The molecule has 2 aromatic heterocycles. The van der Waals surface area contributed by atoms with Crippen molar-refractivity contribution in [3.63, 3.8) is 0 Å². The molecule has 1 aliphatic rings. The Bertz CT molecular complexity index is 1230. The molecular weight excluding hydrogens is 418 g/mol. The van der Waals surface area contributed by atoms with Crippen LogP contribution in [0.4, 0.5) is 0 Å². The predicted octanol–water partition coefficient (Wildman–Crippen LogP) is 5.85. The van der Waals surface area contributed by atoms with E-state index in [0.717, 1.165) is 45.5 Å². The van der Waals surface area contributed by atoms with E-state index in [2.05, 4.69) is 15.2 Å². The van der Waals surface area contributed by atoms with E-state index in [1.165, 1.54) is 32.4 Å². The van der Waals surface area contributed by atoms with Gasteiger partial charge in [-0.2, -0.15) is 0 Å². The maximum atomic E-state index is 12.8. The zero-order valence-electron chi connectivity index (χ0n) is 18.0. The predicted molar refractivity (Wildman–Crippen MR) is 131 cm³/mol. The lowest BCUT2D eigenvalue weighted by atomic mass is 10.0. The highest BCUT2D eigenvalue weighted by Gasteiger charge is 2.13. The van der Waals surface area contributed by atoms with Crippen LogP contribution in [-0.4, -0.2) is 42.0 Å². The number of nitrogens with one attached hydrogen (secondary N) is 1. The molecule has 1 saturated heterocycles. The fraction of sp³-hybridized carbons (Fsp3) is 0.308. The van der Waals surface area contributed by atoms with Crippen molar-refractivity contribution in [2.75, 3.05) is 26.2 Å². The molecule has 1 fully saturated rings. The Balaban J connectivity index is 1.26. The minimum atomic E-state index is -0.0164. The number of fused-ring (bicyclic) bond motifs is 2. The standard InChI is InChI=1S/C26H27N3O2S/c30-26(28-12-5-16-29-14-2-1-3-15-29)22-7-4-6-19-18-20(8-9-21(19)22)31-24-10-13-27-23-11-17-32-25(23)24/h4,6-11,13,17-18H,1-3,5,12,14-16H2,(H,28,30). The van der Waals surface area contributed by atoms with Crippen LogP contribution in [-0.2, 0) is 0 Å². The number of nitrogens with zero attached hydrogens (tertiary/aromatic N) is 2. The highest BCUT2D eigenvalue weighted by Crippen LogP contribution is 2.34. The van der Waals surface area contributed by atoms with Crippen LogP contribution >= 0.6 is 11.3 Å². The van der Waals surface area contributed by atoms with E-state index >= 15 is 0 Å². The molecule has 0 spiro atoms. The first-order valence-electron chi connectivity index (χ1n) is 11.3. The molecule has 2 aromatic carbocycles. The molecule has 32 heavy (non-hydrogen) atoms. The second-order valence-electron chi connectivity index (χ2n) is 8.25. The topological polar surface area (TPSA) is 54.5 Å². The second-order valence-corrected chi connectivity index (χ2v) is 9.16. The fourth-order valence-corrected chi connectivity index (χ4v) is 5.16. The molecule has 0 saturated carbocycles. The Morgan fingerprint density at radius 1 is 1.09 bits per heavy atom. The molecule has 1 aliphatic heterocycles. The fourth-order valence-electron chi connectivity index (χ4n) is 4.36. The number of carbonyl (C=O) groups is 1. The summed E-state index contributed by atoms with van der Waals surface area (Å²) in [5, 5.41) is 7.04. The molecule has 4 aromatic rings. The number of thiophene rings is 1. The molecule has 1 N–H and O–H groups in total. The zero-order chi connectivity index (χ0) is 21.8. The third kappa shape index (κ3) is 4.61. The van der Waals surface area contributed by atoms with Gasteiger partial charge in [0.2, 0.25) is 0 Å². The van der Waals surface area contributed by atoms with Gasteiger partial charge in [0.05, 0.1) is 10.2 Å². The summed E-state index contributed by atoms with van der Waals surface area (Å²) in [6.45, 7) is 4.15. The number of piperidine rings is 1. The number of ether oxygens (including phenoxy) is 1. The van der Waals surface area contributed by atoms with Gasteiger partial charge in [-0.25, -0.2) is 0 Å². The van der Waals surface area contributed by atoms with Crippen molar-refractivity contribution in [2.45, 2.75) is 25.7 Å². The van der Waals surface area contributed by atoms with Crippen LogP contribution in [0.15, 0.2) is 60.1 Å². The summed E-state index contributed by atoms with van der Waals surface area (Å²) in [6, 6.07) is 15.6. The average molecular weight is 446 g/mol. The van der Waals surface area contributed by atoms with Gasteiger partial charge in [0.1, 0.15) is 11.5 Å². The van der Waals surface area contributed by atoms with Gasteiger partial charge in [0, 0.05) is 24.4 Å².